The lowest BCUT2D eigenvalue weighted by atomic mass is 9.85. The Morgan fingerprint density at radius 2 is 1.70 bits per heavy atom. The molecule has 2 heterocycles. The molecule has 2 fully saturated rings. The van der Waals surface area contributed by atoms with Crippen LogP contribution in [0.5, 0.6) is 5.75 Å². The molecule has 2 aromatic carbocycles. The van der Waals surface area contributed by atoms with Gasteiger partial charge in [0.2, 0.25) is 5.91 Å². The van der Waals surface area contributed by atoms with Gasteiger partial charge in [0, 0.05) is 35.2 Å². The molecule has 0 N–H and O–H groups in total. The highest BCUT2D eigenvalue weighted by Crippen LogP contribution is 2.78. The minimum Gasteiger partial charge on any atom is -0.425 e. The van der Waals surface area contributed by atoms with Crippen LogP contribution in [0.25, 0.3) is 0 Å². The van der Waals surface area contributed by atoms with Crippen molar-refractivity contribution in [3.05, 3.63) is 64.7 Å². The average molecular weight is 424 g/mol. The summed E-state index contributed by atoms with van der Waals surface area (Å²) in [6.07, 6.45) is 2.87. The maximum atomic E-state index is 13.8. The number of nitrogens with zero attached hydrogens (tertiary/aromatic N) is 1. The molecule has 5 rings (SSSR count). The molecule has 1 saturated carbocycles. The summed E-state index contributed by atoms with van der Waals surface area (Å²) in [5.41, 5.74) is -1.55. The Bertz CT molecular complexity index is 1060. The van der Waals surface area contributed by atoms with Crippen LogP contribution >= 0.6 is 11.6 Å². The number of carbonyl (C=O) groups excluding carboxylic acids is 3. The molecule has 6 heteroatoms. The minimum absolute atomic E-state index is 0.233. The van der Waals surface area contributed by atoms with Crippen LogP contribution < -0.4 is 4.74 Å². The van der Waals surface area contributed by atoms with E-state index in [4.69, 9.17) is 16.3 Å². The highest BCUT2D eigenvalue weighted by atomic mass is 35.5. The van der Waals surface area contributed by atoms with E-state index in [0.717, 1.165) is 24.8 Å². The topological polar surface area (TPSA) is 63.7 Å². The molecular weight excluding hydrogens is 402 g/mol. The Balaban J connectivity index is 1.65. The molecule has 0 spiro atoms. The van der Waals surface area contributed by atoms with Crippen molar-refractivity contribution >= 4 is 29.3 Å². The summed E-state index contributed by atoms with van der Waals surface area (Å²) >= 11 is 5.99. The van der Waals surface area contributed by atoms with Crippen LogP contribution in [-0.2, 0) is 9.59 Å². The molecule has 0 unspecified atom stereocenters. The van der Waals surface area contributed by atoms with Crippen LogP contribution in [0.2, 0.25) is 5.02 Å². The number of carbonyl (C=O) groups is 3. The van der Waals surface area contributed by atoms with Crippen LogP contribution in [0.15, 0.2) is 48.5 Å². The third-order valence-corrected chi connectivity index (χ3v) is 7.31. The first kappa shape index (κ1) is 19.3. The van der Waals surface area contributed by atoms with Gasteiger partial charge in [-0.05, 0) is 56.5 Å². The second-order valence-electron chi connectivity index (χ2n) is 8.56. The van der Waals surface area contributed by atoms with Crippen LogP contribution in [0.4, 0.5) is 0 Å². The first-order valence-electron chi connectivity index (χ1n) is 10.3. The van der Waals surface area contributed by atoms with Crippen molar-refractivity contribution in [3.8, 4) is 5.75 Å². The van der Waals surface area contributed by atoms with Crippen LogP contribution in [-0.4, -0.2) is 35.6 Å². The van der Waals surface area contributed by atoms with Gasteiger partial charge in [0.15, 0.2) is 11.2 Å². The zero-order chi connectivity index (χ0) is 21.1. The fraction of sp³-hybridized carbons (Fsp3) is 0.375. The summed E-state index contributed by atoms with van der Waals surface area (Å²) in [7, 11) is 0. The fourth-order valence-electron chi connectivity index (χ4n) is 5.48. The molecule has 30 heavy (non-hydrogen) atoms. The number of ketones is 1. The number of hydrogen-bond donors (Lipinski definition) is 0. The van der Waals surface area contributed by atoms with Crippen molar-refractivity contribution in [2.24, 2.45) is 10.8 Å². The van der Waals surface area contributed by atoms with E-state index in [-0.39, 0.29) is 11.7 Å². The van der Waals surface area contributed by atoms with Gasteiger partial charge in [0.1, 0.15) is 5.75 Å². The number of halogens is 1. The normalized spacial score (nSPS) is 29.5. The number of likely N-dealkylation sites (tertiary alicyclic amines) is 1. The predicted octanol–water partition coefficient (Wildman–Crippen LogP) is 4.24. The second kappa shape index (κ2) is 6.67. The van der Waals surface area contributed by atoms with Crippen LogP contribution in [0.1, 0.15) is 48.0 Å². The van der Waals surface area contributed by atoms with Gasteiger partial charge in [0.05, 0.1) is 5.41 Å². The Morgan fingerprint density at radius 3 is 2.40 bits per heavy atom. The van der Waals surface area contributed by atoms with Crippen molar-refractivity contribution in [1.29, 1.82) is 0 Å². The van der Waals surface area contributed by atoms with Crippen molar-refractivity contribution in [3.63, 3.8) is 0 Å². The molecule has 154 valence electrons. The van der Waals surface area contributed by atoms with Gasteiger partial charge in [-0.25, -0.2) is 0 Å². The molecule has 3 aliphatic rings. The zero-order valence-corrected chi connectivity index (χ0v) is 17.4. The van der Waals surface area contributed by atoms with Gasteiger partial charge in [-0.2, -0.15) is 0 Å². The number of ether oxygens (including phenoxy) is 1. The fourth-order valence-corrected chi connectivity index (χ4v) is 5.60. The number of esters is 1. The number of para-hydroxylation sites is 1. The summed E-state index contributed by atoms with van der Waals surface area (Å²) < 4.78 is 5.64. The first-order chi connectivity index (χ1) is 14.4. The van der Waals surface area contributed by atoms with E-state index in [1.54, 1.807) is 48.2 Å². The Hall–Kier alpha value is -2.66. The maximum absolute atomic E-state index is 13.8. The van der Waals surface area contributed by atoms with E-state index in [9.17, 15) is 14.4 Å². The van der Waals surface area contributed by atoms with E-state index in [2.05, 4.69) is 0 Å². The third-order valence-electron chi connectivity index (χ3n) is 7.06. The molecule has 5 nitrogen and oxygen atoms in total. The molecule has 0 bridgehead atoms. The number of benzene rings is 2. The monoisotopic (exact) mass is 423 g/mol. The lowest BCUT2D eigenvalue weighted by Crippen LogP contribution is -2.49. The highest BCUT2D eigenvalue weighted by molar-refractivity contribution is 6.30. The summed E-state index contributed by atoms with van der Waals surface area (Å²) in [6.45, 7) is 2.95. The summed E-state index contributed by atoms with van der Waals surface area (Å²) in [5, 5.41) is 0.522. The minimum atomic E-state index is -1.52. The molecule has 3 atom stereocenters. The zero-order valence-electron chi connectivity index (χ0n) is 16.7. The number of fused-ring (bicyclic) bond motifs is 3. The summed E-state index contributed by atoms with van der Waals surface area (Å²) in [5.74, 6) is -1.24. The van der Waals surface area contributed by atoms with Gasteiger partial charge in [-0.3, -0.25) is 14.4 Å². The molecule has 1 amide bonds. The molecule has 0 aromatic heterocycles. The van der Waals surface area contributed by atoms with Gasteiger partial charge in [-0.1, -0.05) is 29.8 Å². The van der Waals surface area contributed by atoms with Gasteiger partial charge in [-0.15, -0.1) is 0 Å². The Kier molecular flexibility index (Phi) is 4.30. The van der Waals surface area contributed by atoms with E-state index in [0.29, 0.717) is 29.4 Å². The maximum Gasteiger partial charge on any atom is 0.328 e. The van der Waals surface area contributed by atoms with E-state index < -0.39 is 22.7 Å². The largest absolute Gasteiger partial charge is 0.425 e. The van der Waals surface area contributed by atoms with Crippen molar-refractivity contribution in [2.45, 2.75) is 32.1 Å². The first-order valence-corrected chi connectivity index (χ1v) is 10.7. The molecular formula is C24H22ClNO4. The van der Waals surface area contributed by atoms with Gasteiger partial charge >= 0.3 is 5.97 Å². The number of amides is 1. The highest BCUT2D eigenvalue weighted by Gasteiger charge is 2.88. The lowest BCUT2D eigenvalue weighted by Gasteiger charge is -2.32. The van der Waals surface area contributed by atoms with Crippen LogP contribution in [0.3, 0.4) is 0 Å². The summed E-state index contributed by atoms with van der Waals surface area (Å²) in [4.78, 5) is 42.6. The van der Waals surface area contributed by atoms with Crippen LogP contribution in [0, 0.1) is 10.8 Å². The molecule has 2 aromatic rings. The number of rotatable bonds is 3. The molecule has 1 saturated heterocycles. The van der Waals surface area contributed by atoms with Gasteiger partial charge < -0.3 is 9.64 Å². The average Bonchev–Trinajstić information content (AvgIpc) is 3.37. The quantitative estimate of drug-likeness (QED) is 0.320. The van der Waals surface area contributed by atoms with Crippen molar-refractivity contribution in [2.75, 3.05) is 13.1 Å². The van der Waals surface area contributed by atoms with E-state index in [1.807, 2.05) is 12.1 Å². The van der Waals surface area contributed by atoms with Crippen molar-refractivity contribution < 1.29 is 19.1 Å². The Labute approximate surface area is 180 Å². The smallest absolute Gasteiger partial charge is 0.328 e. The van der Waals surface area contributed by atoms with E-state index >= 15 is 0 Å². The number of piperidine rings is 1. The number of hydrogen-bond acceptors (Lipinski definition) is 4. The van der Waals surface area contributed by atoms with E-state index in [1.165, 1.54) is 0 Å². The lowest BCUT2D eigenvalue weighted by molar-refractivity contribution is -0.154. The molecule has 1 aliphatic carbocycles. The Morgan fingerprint density at radius 1 is 1.03 bits per heavy atom. The van der Waals surface area contributed by atoms with Gasteiger partial charge in [0.25, 0.3) is 0 Å². The molecule has 2 aliphatic heterocycles. The summed E-state index contributed by atoms with van der Waals surface area (Å²) in [6, 6.07) is 13.8. The SMILES string of the molecule is C[C@@]1(C(=O)c2ccc(Cl)cc2)[C@@H]2c3ccccc3OC(=O)[C@@]21C(=O)N1CCCCC1. The second-order valence-corrected chi connectivity index (χ2v) is 9.00. The predicted molar refractivity (Wildman–Crippen MR) is 112 cm³/mol. The third kappa shape index (κ3) is 2.38. The number of Topliss-reactive ketones (excluding diaryl/α,β-unsaturated/α-hetero) is 1. The molecule has 0 radical (unpaired) electrons. The standard InChI is InChI=1S/C24H22ClNO4/c1-23(20(27)15-9-11-16(25)12-10-15)19-17-7-3-4-8-18(17)30-22(29)24(19,23)21(28)26-13-5-2-6-14-26/h3-4,7-12,19H,2,5-6,13-14H2,1H3/t19-,23-,24-/m0/s1. The van der Waals surface area contributed by atoms with Crippen molar-refractivity contribution in [1.82, 2.24) is 4.90 Å².